The van der Waals surface area contributed by atoms with E-state index in [0.717, 1.165) is 25.5 Å². The van der Waals surface area contributed by atoms with E-state index in [-0.39, 0.29) is 12.4 Å². The Hall–Kier alpha value is -1.31. The summed E-state index contributed by atoms with van der Waals surface area (Å²) in [6, 6.07) is 6.27. The Morgan fingerprint density at radius 1 is 1.56 bits per heavy atom. The molecule has 0 aromatic carbocycles. The van der Waals surface area contributed by atoms with Crippen LogP contribution in [-0.2, 0) is 0 Å². The highest BCUT2D eigenvalue weighted by molar-refractivity contribution is 5.85. The highest BCUT2D eigenvalue weighted by atomic mass is 35.5. The first-order chi connectivity index (χ1) is 7.31. The maximum atomic E-state index is 8.68. The van der Waals surface area contributed by atoms with Gasteiger partial charge in [-0.15, -0.1) is 12.4 Å². The van der Waals surface area contributed by atoms with Gasteiger partial charge in [0.1, 0.15) is 11.9 Å². The first kappa shape index (κ1) is 12.8. The standard InChI is InChI=1S/C11H14N4.ClH/c1-9-7-13-4-5-15(9)11-3-2-10(6-12)8-14-11;/h2-3,8-9,13H,4-5,7H2,1H3;1H/t9-;/m1./s1. The van der Waals surface area contributed by atoms with Crippen LogP contribution in [0.15, 0.2) is 18.3 Å². The topological polar surface area (TPSA) is 52.0 Å². The van der Waals surface area contributed by atoms with Crippen molar-refractivity contribution in [3.8, 4) is 6.07 Å². The summed E-state index contributed by atoms with van der Waals surface area (Å²) < 4.78 is 0. The fourth-order valence-corrected chi connectivity index (χ4v) is 1.80. The highest BCUT2D eigenvalue weighted by Gasteiger charge is 2.18. The summed E-state index contributed by atoms with van der Waals surface area (Å²) in [5, 5.41) is 12.0. The Morgan fingerprint density at radius 3 is 2.94 bits per heavy atom. The van der Waals surface area contributed by atoms with Crippen molar-refractivity contribution in [1.29, 1.82) is 5.26 Å². The minimum Gasteiger partial charge on any atom is -0.351 e. The first-order valence-electron chi connectivity index (χ1n) is 5.15. The Labute approximate surface area is 102 Å². The third kappa shape index (κ3) is 2.63. The lowest BCUT2D eigenvalue weighted by Crippen LogP contribution is -2.50. The summed E-state index contributed by atoms with van der Waals surface area (Å²) in [6.07, 6.45) is 1.63. The van der Waals surface area contributed by atoms with Crippen LogP contribution in [0.3, 0.4) is 0 Å². The molecule has 1 atom stereocenters. The van der Waals surface area contributed by atoms with Crippen LogP contribution in [0.2, 0.25) is 0 Å². The molecule has 1 aliphatic heterocycles. The predicted molar refractivity (Wildman–Crippen MR) is 65.9 cm³/mol. The number of rotatable bonds is 1. The molecule has 86 valence electrons. The van der Waals surface area contributed by atoms with Crippen LogP contribution in [0, 0.1) is 11.3 Å². The third-order valence-corrected chi connectivity index (χ3v) is 2.67. The van der Waals surface area contributed by atoms with Crippen molar-refractivity contribution in [2.45, 2.75) is 13.0 Å². The molecule has 1 N–H and O–H groups in total. The van der Waals surface area contributed by atoms with Crippen LogP contribution in [0.1, 0.15) is 12.5 Å². The number of nitrogens with one attached hydrogen (secondary N) is 1. The van der Waals surface area contributed by atoms with Gasteiger partial charge < -0.3 is 10.2 Å². The zero-order chi connectivity index (χ0) is 10.7. The normalized spacial score (nSPS) is 19.8. The molecule has 0 radical (unpaired) electrons. The second-order valence-electron chi connectivity index (χ2n) is 3.76. The average molecular weight is 239 g/mol. The van der Waals surface area contributed by atoms with Gasteiger partial charge in [-0.25, -0.2) is 4.98 Å². The maximum Gasteiger partial charge on any atom is 0.128 e. The van der Waals surface area contributed by atoms with Crippen LogP contribution in [-0.4, -0.2) is 30.7 Å². The Morgan fingerprint density at radius 2 is 2.38 bits per heavy atom. The molecule has 0 unspecified atom stereocenters. The van der Waals surface area contributed by atoms with Gasteiger partial charge in [-0.05, 0) is 19.1 Å². The molecule has 1 fully saturated rings. The average Bonchev–Trinajstić information content (AvgIpc) is 2.30. The van der Waals surface area contributed by atoms with E-state index in [9.17, 15) is 0 Å². The van der Waals surface area contributed by atoms with Crippen LogP contribution < -0.4 is 10.2 Å². The molecule has 4 nitrogen and oxygen atoms in total. The van der Waals surface area contributed by atoms with E-state index in [1.54, 1.807) is 6.20 Å². The maximum absolute atomic E-state index is 8.68. The molecule has 2 rings (SSSR count). The van der Waals surface area contributed by atoms with Crippen molar-refractivity contribution in [3.05, 3.63) is 23.9 Å². The van der Waals surface area contributed by atoms with E-state index < -0.39 is 0 Å². The molecule has 1 aromatic heterocycles. The van der Waals surface area contributed by atoms with Crippen LogP contribution in [0.4, 0.5) is 5.82 Å². The van der Waals surface area contributed by atoms with Crippen molar-refractivity contribution in [2.75, 3.05) is 24.5 Å². The Bertz CT molecular complexity index is 371. The number of aromatic nitrogens is 1. The van der Waals surface area contributed by atoms with Crippen molar-refractivity contribution in [3.63, 3.8) is 0 Å². The Balaban J connectivity index is 0.00000128. The van der Waals surface area contributed by atoms with Gasteiger partial charge in [-0.3, -0.25) is 0 Å². The van der Waals surface area contributed by atoms with Gasteiger partial charge >= 0.3 is 0 Å². The molecule has 16 heavy (non-hydrogen) atoms. The fourth-order valence-electron chi connectivity index (χ4n) is 1.80. The zero-order valence-corrected chi connectivity index (χ0v) is 10.00. The van der Waals surface area contributed by atoms with E-state index in [2.05, 4.69) is 28.2 Å². The van der Waals surface area contributed by atoms with E-state index >= 15 is 0 Å². The minimum atomic E-state index is 0. The lowest BCUT2D eigenvalue weighted by atomic mass is 10.2. The minimum absolute atomic E-state index is 0. The summed E-state index contributed by atoms with van der Waals surface area (Å²) in [7, 11) is 0. The van der Waals surface area contributed by atoms with Crippen molar-refractivity contribution >= 4 is 18.2 Å². The molecular formula is C11H15ClN4. The molecule has 0 saturated carbocycles. The molecule has 1 aromatic rings. The number of anilines is 1. The van der Waals surface area contributed by atoms with Crippen molar-refractivity contribution in [1.82, 2.24) is 10.3 Å². The number of nitriles is 1. The molecule has 1 saturated heterocycles. The second-order valence-corrected chi connectivity index (χ2v) is 3.76. The summed E-state index contributed by atoms with van der Waals surface area (Å²) in [6.45, 7) is 5.12. The number of piperazine rings is 1. The number of halogens is 1. The lowest BCUT2D eigenvalue weighted by Gasteiger charge is -2.34. The van der Waals surface area contributed by atoms with Crippen molar-refractivity contribution in [2.24, 2.45) is 0 Å². The Kier molecular flexibility index (Phi) is 4.53. The van der Waals surface area contributed by atoms with Gasteiger partial charge in [0, 0.05) is 31.9 Å². The molecule has 0 aliphatic carbocycles. The van der Waals surface area contributed by atoms with Gasteiger partial charge in [0.2, 0.25) is 0 Å². The predicted octanol–water partition coefficient (Wildman–Crippen LogP) is 1.17. The molecule has 1 aliphatic rings. The van der Waals surface area contributed by atoms with E-state index in [1.165, 1.54) is 0 Å². The van der Waals surface area contributed by atoms with E-state index in [4.69, 9.17) is 5.26 Å². The van der Waals surface area contributed by atoms with Crippen LogP contribution in [0.5, 0.6) is 0 Å². The summed E-state index contributed by atoms with van der Waals surface area (Å²) >= 11 is 0. The van der Waals surface area contributed by atoms with Gasteiger partial charge in [-0.2, -0.15) is 5.26 Å². The molecule has 2 heterocycles. The van der Waals surface area contributed by atoms with Crippen LogP contribution >= 0.6 is 12.4 Å². The van der Waals surface area contributed by atoms with Gasteiger partial charge in [0.15, 0.2) is 0 Å². The SMILES string of the molecule is C[C@@H]1CNCCN1c1ccc(C#N)cn1.Cl. The fraction of sp³-hybridized carbons (Fsp3) is 0.455. The summed E-state index contributed by atoms with van der Waals surface area (Å²) in [4.78, 5) is 6.56. The number of pyridine rings is 1. The second kappa shape index (κ2) is 5.69. The largest absolute Gasteiger partial charge is 0.351 e. The lowest BCUT2D eigenvalue weighted by molar-refractivity contribution is 0.497. The highest BCUT2D eigenvalue weighted by Crippen LogP contribution is 2.15. The molecular weight excluding hydrogens is 224 g/mol. The van der Waals surface area contributed by atoms with E-state index in [0.29, 0.717) is 11.6 Å². The zero-order valence-electron chi connectivity index (χ0n) is 9.18. The summed E-state index contributed by atoms with van der Waals surface area (Å²) in [5.74, 6) is 0.961. The number of hydrogen-bond acceptors (Lipinski definition) is 4. The van der Waals surface area contributed by atoms with E-state index in [1.807, 2.05) is 12.1 Å². The number of hydrogen-bond donors (Lipinski definition) is 1. The van der Waals surface area contributed by atoms with Gasteiger partial charge in [0.05, 0.1) is 5.56 Å². The van der Waals surface area contributed by atoms with Gasteiger partial charge in [0.25, 0.3) is 0 Å². The molecule has 0 bridgehead atoms. The molecule has 0 spiro atoms. The summed E-state index contributed by atoms with van der Waals surface area (Å²) in [5.41, 5.74) is 0.613. The quantitative estimate of drug-likeness (QED) is 0.798. The smallest absolute Gasteiger partial charge is 0.128 e. The van der Waals surface area contributed by atoms with Gasteiger partial charge in [-0.1, -0.05) is 0 Å². The van der Waals surface area contributed by atoms with Crippen molar-refractivity contribution < 1.29 is 0 Å². The monoisotopic (exact) mass is 238 g/mol. The molecule has 0 amide bonds. The molecule has 5 heteroatoms. The number of nitrogens with zero attached hydrogens (tertiary/aromatic N) is 3. The van der Waals surface area contributed by atoms with Crippen LogP contribution in [0.25, 0.3) is 0 Å². The first-order valence-corrected chi connectivity index (χ1v) is 5.15. The third-order valence-electron chi connectivity index (χ3n) is 2.67.